The Morgan fingerprint density at radius 3 is 2.40 bits per heavy atom. The van der Waals surface area contributed by atoms with Crippen molar-refractivity contribution in [2.75, 3.05) is 24.6 Å². The van der Waals surface area contributed by atoms with Gasteiger partial charge in [0.15, 0.2) is 0 Å². The molecule has 0 bridgehead atoms. The number of halogens is 1. The molecule has 1 heterocycles. The molecule has 2 N–H and O–H groups in total. The fourth-order valence-electron chi connectivity index (χ4n) is 5.78. The van der Waals surface area contributed by atoms with E-state index >= 15 is 4.39 Å². The zero-order chi connectivity index (χ0) is 29.9. The van der Waals surface area contributed by atoms with Crippen molar-refractivity contribution in [3.8, 4) is 16.9 Å². The van der Waals surface area contributed by atoms with E-state index in [2.05, 4.69) is 35.3 Å². The largest absolute Gasteiger partial charge is 0.489 e. The van der Waals surface area contributed by atoms with Crippen molar-refractivity contribution in [3.63, 3.8) is 0 Å². The van der Waals surface area contributed by atoms with Crippen LogP contribution in [0.5, 0.6) is 5.75 Å². The maximum Gasteiger partial charge on any atom is 0.408 e. The minimum atomic E-state index is -0.817. The highest BCUT2D eigenvalue weighted by Gasteiger charge is 2.44. The lowest BCUT2D eigenvalue weighted by Gasteiger charge is -2.34. The van der Waals surface area contributed by atoms with E-state index in [9.17, 15) is 9.90 Å². The van der Waals surface area contributed by atoms with Crippen LogP contribution in [0, 0.1) is 11.2 Å². The average Bonchev–Trinajstić information content (AvgIpc) is 3.72. The van der Waals surface area contributed by atoms with E-state index in [1.807, 2.05) is 30.3 Å². The van der Waals surface area contributed by atoms with Gasteiger partial charge in [-0.1, -0.05) is 25.1 Å². The maximum atomic E-state index is 15.1. The first-order chi connectivity index (χ1) is 20.1. The van der Waals surface area contributed by atoms with Crippen molar-refractivity contribution >= 4 is 11.8 Å². The summed E-state index contributed by atoms with van der Waals surface area (Å²) in [5.74, 6) is 0.424. The number of benzene rings is 3. The summed E-state index contributed by atoms with van der Waals surface area (Å²) < 4.78 is 26.7. The Kier molecular flexibility index (Phi) is 8.78. The number of amides is 1. The number of hydrogen-bond acceptors (Lipinski definition) is 5. The summed E-state index contributed by atoms with van der Waals surface area (Å²) >= 11 is 0. The monoisotopic (exact) mass is 574 g/mol. The molecule has 1 aliphatic heterocycles. The number of ether oxygens (including phenoxy) is 2. The second-order valence-electron chi connectivity index (χ2n) is 12.8. The normalized spacial score (nSPS) is 16.7. The Labute approximate surface area is 248 Å². The molecule has 1 spiro atoms. The van der Waals surface area contributed by atoms with Crippen LogP contribution in [0.3, 0.4) is 0 Å². The molecule has 7 heteroatoms. The number of piperidine rings is 1. The van der Waals surface area contributed by atoms with Crippen LogP contribution < -0.4 is 15.0 Å². The van der Waals surface area contributed by atoms with Crippen LogP contribution in [-0.2, 0) is 17.8 Å². The summed E-state index contributed by atoms with van der Waals surface area (Å²) in [6.45, 7) is 9.41. The van der Waals surface area contributed by atoms with Crippen LogP contribution in [0.1, 0.15) is 76.1 Å². The van der Waals surface area contributed by atoms with Crippen molar-refractivity contribution in [1.29, 1.82) is 0 Å². The van der Waals surface area contributed by atoms with Gasteiger partial charge in [-0.05, 0) is 129 Å². The Morgan fingerprint density at radius 1 is 1.02 bits per heavy atom. The Balaban J connectivity index is 1.45. The molecular formula is C35H43FN2O4. The van der Waals surface area contributed by atoms with Gasteiger partial charge in [0.1, 0.15) is 23.8 Å². The van der Waals surface area contributed by atoms with Gasteiger partial charge in [-0.15, -0.1) is 0 Å². The SMILES string of the molecule is CCc1ccccc1OCc1cc(-c2cc(F)cc([C@@H](CO)NC(=O)OC(C)(C)C)c2)cc(N2CCC3(CC2)CC3)c1. The van der Waals surface area contributed by atoms with E-state index in [4.69, 9.17) is 9.47 Å². The van der Waals surface area contributed by atoms with Gasteiger partial charge in [0.05, 0.1) is 12.6 Å². The number of anilines is 1. The van der Waals surface area contributed by atoms with Crippen LogP contribution in [0.2, 0.25) is 0 Å². The molecule has 0 radical (unpaired) electrons. The number of hydrogen-bond donors (Lipinski definition) is 2. The third kappa shape index (κ3) is 7.43. The molecule has 3 aromatic rings. The number of alkyl carbamates (subject to hydrolysis) is 1. The fraction of sp³-hybridized carbons (Fsp3) is 0.457. The van der Waals surface area contributed by atoms with Crippen LogP contribution in [-0.4, -0.2) is 36.5 Å². The lowest BCUT2D eigenvalue weighted by atomic mass is 9.92. The quantitative estimate of drug-likeness (QED) is 0.276. The number of aryl methyl sites for hydroxylation is 1. The van der Waals surface area contributed by atoms with Crippen LogP contribution >= 0.6 is 0 Å². The van der Waals surface area contributed by atoms with E-state index in [0.717, 1.165) is 47.6 Å². The van der Waals surface area contributed by atoms with E-state index in [1.54, 1.807) is 20.8 Å². The lowest BCUT2D eigenvalue weighted by molar-refractivity contribution is 0.0481. The summed E-state index contributed by atoms with van der Waals surface area (Å²) in [5.41, 5.74) is 5.11. The molecular weight excluding hydrogens is 531 g/mol. The second kappa shape index (κ2) is 12.3. The van der Waals surface area contributed by atoms with Crippen molar-refractivity contribution in [1.82, 2.24) is 5.32 Å². The molecule has 42 heavy (non-hydrogen) atoms. The molecule has 2 fully saturated rings. The van der Waals surface area contributed by atoms with Gasteiger partial charge in [-0.3, -0.25) is 0 Å². The van der Waals surface area contributed by atoms with Crippen molar-refractivity contribution in [2.45, 2.75) is 78.0 Å². The second-order valence-corrected chi connectivity index (χ2v) is 12.8. The number of aliphatic hydroxyl groups is 1. The number of nitrogens with zero attached hydrogens (tertiary/aromatic N) is 1. The third-order valence-corrected chi connectivity index (χ3v) is 8.40. The number of nitrogens with one attached hydrogen (secondary N) is 1. The minimum absolute atomic E-state index is 0.386. The third-order valence-electron chi connectivity index (χ3n) is 8.40. The van der Waals surface area contributed by atoms with Crippen LogP contribution in [0.15, 0.2) is 60.7 Å². The summed E-state index contributed by atoms with van der Waals surface area (Å²) in [4.78, 5) is 14.9. The fourth-order valence-corrected chi connectivity index (χ4v) is 5.78. The summed E-state index contributed by atoms with van der Waals surface area (Å²) in [5, 5.41) is 12.8. The number of para-hydroxylation sites is 1. The Morgan fingerprint density at radius 2 is 1.74 bits per heavy atom. The number of aliphatic hydroxyl groups excluding tert-OH is 1. The molecule has 1 saturated heterocycles. The van der Waals surface area contributed by atoms with E-state index in [0.29, 0.717) is 23.1 Å². The topological polar surface area (TPSA) is 71.0 Å². The first-order valence-corrected chi connectivity index (χ1v) is 15.1. The zero-order valence-electron chi connectivity index (χ0n) is 25.2. The first kappa shape index (κ1) is 29.9. The summed E-state index contributed by atoms with van der Waals surface area (Å²) in [6.07, 6.45) is 5.29. The zero-order valence-corrected chi connectivity index (χ0v) is 25.2. The van der Waals surface area contributed by atoms with Crippen LogP contribution in [0.4, 0.5) is 14.9 Å². The van der Waals surface area contributed by atoms with Gasteiger partial charge >= 0.3 is 6.09 Å². The Hall–Kier alpha value is -3.58. The van der Waals surface area contributed by atoms with Gasteiger partial charge in [0.25, 0.3) is 0 Å². The predicted molar refractivity (Wildman–Crippen MR) is 164 cm³/mol. The summed E-state index contributed by atoms with van der Waals surface area (Å²) in [6, 6.07) is 18.3. The summed E-state index contributed by atoms with van der Waals surface area (Å²) in [7, 11) is 0. The molecule has 1 aliphatic carbocycles. The molecule has 1 saturated carbocycles. The first-order valence-electron chi connectivity index (χ1n) is 15.1. The van der Waals surface area contributed by atoms with Gasteiger partial charge in [0.2, 0.25) is 0 Å². The molecule has 2 aliphatic rings. The molecule has 6 nitrogen and oxygen atoms in total. The van der Waals surface area contributed by atoms with E-state index in [1.165, 1.54) is 37.8 Å². The van der Waals surface area contributed by atoms with Gasteiger partial charge in [-0.25, -0.2) is 9.18 Å². The molecule has 3 aromatic carbocycles. The molecule has 5 rings (SSSR count). The number of rotatable bonds is 9. The average molecular weight is 575 g/mol. The molecule has 0 aromatic heterocycles. The lowest BCUT2D eigenvalue weighted by Crippen LogP contribution is -2.36. The number of carbonyl (C=O) groups excluding carboxylic acids is 1. The standard InChI is InChI=1S/C35H43FN2O4/c1-5-25-8-6-7-9-32(25)41-23-24-16-26(21-30(17-24)38-14-12-35(10-11-35)13-15-38)27-18-28(20-29(36)19-27)31(22-39)37-33(40)42-34(2,3)4/h6-9,16-21,31,39H,5,10-15,22-23H2,1-4H3,(H,37,40)/t31-/m1/s1. The smallest absolute Gasteiger partial charge is 0.408 e. The maximum absolute atomic E-state index is 15.1. The minimum Gasteiger partial charge on any atom is -0.489 e. The highest BCUT2D eigenvalue weighted by Crippen LogP contribution is 2.54. The highest BCUT2D eigenvalue weighted by atomic mass is 19.1. The van der Waals surface area contributed by atoms with Gasteiger partial charge < -0.3 is 24.8 Å². The predicted octanol–water partition coefficient (Wildman–Crippen LogP) is 7.57. The molecule has 1 amide bonds. The Bertz CT molecular complexity index is 1400. The van der Waals surface area contributed by atoms with E-state index < -0.39 is 30.2 Å². The van der Waals surface area contributed by atoms with Gasteiger partial charge in [0, 0.05) is 18.8 Å². The van der Waals surface area contributed by atoms with Crippen molar-refractivity contribution in [2.24, 2.45) is 5.41 Å². The van der Waals surface area contributed by atoms with Crippen LogP contribution in [0.25, 0.3) is 11.1 Å². The number of carbonyl (C=O) groups is 1. The van der Waals surface area contributed by atoms with Crippen molar-refractivity contribution < 1.29 is 23.8 Å². The molecule has 0 unspecified atom stereocenters. The highest BCUT2D eigenvalue weighted by molar-refractivity contribution is 5.72. The van der Waals surface area contributed by atoms with E-state index in [-0.39, 0.29) is 0 Å². The molecule has 224 valence electrons. The van der Waals surface area contributed by atoms with Gasteiger partial charge in [-0.2, -0.15) is 0 Å². The molecule has 1 atom stereocenters. The van der Waals surface area contributed by atoms with Crippen molar-refractivity contribution in [3.05, 3.63) is 83.2 Å².